The molecule has 0 aliphatic rings. The van der Waals surface area contributed by atoms with E-state index >= 15 is 0 Å². The number of para-hydroxylation sites is 1. The molecular weight excluding hydrogens is 368 g/mol. The molecule has 0 saturated heterocycles. The van der Waals surface area contributed by atoms with Gasteiger partial charge in [0.05, 0.1) is 16.8 Å². The number of hydrogen-bond acceptors (Lipinski definition) is 2. The van der Waals surface area contributed by atoms with Crippen LogP contribution in [0.5, 0.6) is 0 Å². The van der Waals surface area contributed by atoms with Crippen molar-refractivity contribution in [2.24, 2.45) is 0 Å². The molecule has 0 unspecified atom stereocenters. The third-order valence-electron chi connectivity index (χ3n) is 5.68. The smallest absolute Gasteiger partial charge is 0.252 e. The normalized spacial score (nSPS) is 11.0. The monoisotopic (exact) mass is 402 g/mol. The van der Waals surface area contributed by atoms with Gasteiger partial charge in [-0.05, 0) is 38.0 Å². The zero-order chi connectivity index (χ0) is 21.3. The first-order valence-corrected chi connectivity index (χ1v) is 11.4. The number of pyridine rings is 1. The fourth-order valence-electron chi connectivity index (χ4n) is 3.98. The molecule has 0 fully saturated rings. The topological polar surface area (TPSA) is 42.0 Å². The second kappa shape index (κ2) is 10.9. The molecule has 3 aromatic rings. The van der Waals surface area contributed by atoms with E-state index in [1.165, 1.54) is 49.7 Å². The molecule has 1 amide bonds. The molecule has 1 heterocycles. The first-order valence-electron chi connectivity index (χ1n) is 11.4. The second-order valence-electron chi connectivity index (χ2n) is 8.27. The molecule has 0 bridgehead atoms. The molecular formula is C27H34N2O. The maximum atomic E-state index is 13.0. The third-order valence-corrected chi connectivity index (χ3v) is 5.68. The quantitative estimate of drug-likeness (QED) is 0.371. The van der Waals surface area contributed by atoms with Crippen molar-refractivity contribution >= 4 is 16.8 Å². The molecule has 3 nitrogen and oxygen atoms in total. The minimum atomic E-state index is -0.00871. The summed E-state index contributed by atoms with van der Waals surface area (Å²) in [6.45, 7) is 7.15. The van der Waals surface area contributed by atoms with E-state index < -0.39 is 0 Å². The highest BCUT2D eigenvalue weighted by Gasteiger charge is 2.14. The number of aromatic nitrogens is 1. The van der Waals surface area contributed by atoms with Crippen LogP contribution >= 0.6 is 0 Å². The van der Waals surface area contributed by atoms with Gasteiger partial charge < -0.3 is 5.32 Å². The second-order valence-corrected chi connectivity index (χ2v) is 8.27. The van der Waals surface area contributed by atoms with Gasteiger partial charge in [-0.3, -0.25) is 4.79 Å². The van der Waals surface area contributed by atoms with Gasteiger partial charge in [-0.25, -0.2) is 4.98 Å². The van der Waals surface area contributed by atoms with Crippen LogP contribution in [0.2, 0.25) is 0 Å². The van der Waals surface area contributed by atoms with E-state index in [0.29, 0.717) is 5.56 Å². The number of aryl methyl sites for hydroxylation is 2. The number of rotatable bonds is 10. The fraction of sp³-hybridized carbons (Fsp3) is 0.407. The maximum Gasteiger partial charge on any atom is 0.252 e. The maximum absolute atomic E-state index is 13.0. The lowest BCUT2D eigenvalue weighted by Gasteiger charge is -2.12. The average Bonchev–Trinajstić information content (AvgIpc) is 2.74. The number of carbonyl (C=O) groups excluding carboxylic acids is 1. The summed E-state index contributed by atoms with van der Waals surface area (Å²) in [5.41, 5.74) is 5.89. The van der Waals surface area contributed by atoms with Crippen molar-refractivity contribution in [2.45, 2.75) is 65.7 Å². The summed E-state index contributed by atoms with van der Waals surface area (Å²) in [5, 5.41) is 4.03. The van der Waals surface area contributed by atoms with E-state index in [4.69, 9.17) is 4.98 Å². The van der Waals surface area contributed by atoms with E-state index in [9.17, 15) is 4.79 Å². The molecule has 3 heteroatoms. The van der Waals surface area contributed by atoms with Gasteiger partial charge in [-0.15, -0.1) is 0 Å². The van der Waals surface area contributed by atoms with Crippen molar-refractivity contribution in [2.75, 3.05) is 6.54 Å². The Labute approximate surface area is 180 Å². The van der Waals surface area contributed by atoms with Crippen LogP contribution in [0, 0.1) is 13.8 Å². The van der Waals surface area contributed by atoms with Crippen molar-refractivity contribution in [1.29, 1.82) is 0 Å². The number of hydrogen-bond donors (Lipinski definition) is 1. The predicted octanol–water partition coefficient (Wildman–Crippen LogP) is 7.00. The Bertz CT molecular complexity index is 993. The zero-order valence-corrected chi connectivity index (χ0v) is 18.6. The number of nitrogens with one attached hydrogen (secondary N) is 1. The van der Waals surface area contributed by atoms with Crippen LogP contribution in [0.25, 0.3) is 22.2 Å². The largest absolute Gasteiger partial charge is 0.352 e. The summed E-state index contributed by atoms with van der Waals surface area (Å²) in [6, 6.07) is 16.2. The highest BCUT2D eigenvalue weighted by Crippen LogP contribution is 2.27. The first-order chi connectivity index (χ1) is 14.6. The van der Waals surface area contributed by atoms with Crippen molar-refractivity contribution < 1.29 is 4.79 Å². The van der Waals surface area contributed by atoms with Crippen molar-refractivity contribution in [3.05, 3.63) is 65.2 Å². The minimum absolute atomic E-state index is 0.00871. The van der Waals surface area contributed by atoms with Crippen LogP contribution in [0.15, 0.2) is 48.5 Å². The summed E-state index contributed by atoms with van der Waals surface area (Å²) in [7, 11) is 0. The molecule has 30 heavy (non-hydrogen) atoms. The van der Waals surface area contributed by atoms with Gasteiger partial charge in [0, 0.05) is 17.5 Å². The van der Waals surface area contributed by atoms with Crippen molar-refractivity contribution in [3.63, 3.8) is 0 Å². The number of unbranched alkanes of at least 4 members (excludes halogenated alkanes) is 6. The predicted molar refractivity (Wildman–Crippen MR) is 127 cm³/mol. The van der Waals surface area contributed by atoms with E-state index in [1.54, 1.807) is 0 Å². The molecule has 0 saturated carbocycles. The van der Waals surface area contributed by atoms with Crippen LogP contribution in [-0.2, 0) is 0 Å². The lowest BCUT2D eigenvalue weighted by atomic mass is 9.99. The third kappa shape index (κ3) is 5.69. The van der Waals surface area contributed by atoms with Gasteiger partial charge in [-0.2, -0.15) is 0 Å². The summed E-state index contributed by atoms with van der Waals surface area (Å²) in [6.07, 6.45) is 8.70. The Balaban J connectivity index is 1.73. The first kappa shape index (κ1) is 22.0. The zero-order valence-electron chi connectivity index (χ0n) is 18.6. The molecule has 158 valence electrons. The number of amides is 1. The molecule has 3 rings (SSSR count). The Kier molecular flexibility index (Phi) is 8.01. The van der Waals surface area contributed by atoms with Crippen LogP contribution in [0.4, 0.5) is 0 Å². The Morgan fingerprint density at radius 3 is 2.40 bits per heavy atom. The minimum Gasteiger partial charge on any atom is -0.352 e. The molecule has 2 aromatic carbocycles. The molecule has 0 aliphatic heterocycles. The average molecular weight is 403 g/mol. The summed E-state index contributed by atoms with van der Waals surface area (Å²) in [4.78, 5) is 17.9. The van der Waals surface area contributed by atoms with E-state index in [2.05, 4.69) is 44.3 Å². The summed E-state index contributed by atoms with van der Waals surface area (Å²) < 4.78 is 0. The van der Waals surface area contributed by atoms with Gasteiger partial charge >= 0.3 is 0 Å². The lowest BCUT2D eigenvalue weighted by molar-refractivity contribution is 0.0954. The molecule has 1 N–H and O–H groups in total. The van der Waals surface area contributed by atoms with Crippen LogP contribution < -0.4 is 5.32 Å². The Morgan fingerprint density at radius 2 is 1.63 bits per heavy atom. The number of carbonyl (C=O) groups is 1. The highest BCUT2D eigenvalue weighted by molar-refractivity contribution is 6.07. The van der Waals surface area contributed by atoms with E-state index in [1.807, 2.05) is 30.3 Å². The SMILES string of the molecule is CCCCCCCCCNC(=O)c1cc(-c2ccc(C)cc2C)nc2ccccc12. The standard InChI is InChI=1S/C27H34N2O/c1-4-5-6-7-8-9-12-17-28-27(30)24-19-26(22-16-15-20(2)18-21(22)3)29-25-14-11-10-13-23(24)25/h10-11,13-16,18-19H,4-9,12,17H2,1-3H3,(H,28,30). The highest BCUT2D eigenvalue weighted by atomic mass is 16.1. The van der Waals surface area contributed by atoms with Gasteiger partial charge in [0.25, 0.3) is 5.91 Å². The van der Waals surface area contributed by atoms with Gasteiger partial charge in [0.15, 0.2) is 0 Å². The molecule has 1 aromatic heterocycles. The van der Waals surface area contributed by atoms with Crippen LogP contribution in [-0.4, -0.2) is 17.4 Å². The number of fused-ring (bicyclic) bond motifs is 1. The summed E-state index contributed by atoms with van der Waals surface area (Å²) in [5.74, 6) is -0.00871. The Morgan fingerprint density at radius 1 is 0.900 bits per heavy atom. The molecule has 0 radical (unpaired) electrons. The van der Waals surface area contributed by atoms with Crippen molar-refractivity contribution in [3.8, 4) is 11.3 Å². The van der Waals surface area contributed by atoms with E-state index in [0.717, 1.165) is 35.1 Å². The summed E-state index contributed by atoms with van der Waals surface area (Å²) >= 11 is 0. The molecule has 0 atom stereocenters. The number of benzene rings is 2. The van der Waals surface area contributed by atoms with E-state index in [-0.39, 0.29) is 5.91 Å². The van der Waals surface area contributed by atoms with Gasteiger partial charge in [0.2, 0.25) is 0 Å². The van der Waals surface area contributed by atoms with Crippen molar-refractivity contribution in [1.82, 2.24) is 10.3 Å². The molecule has 0 spiro atoms. The van der Waals surface area contributed by atoms with Gasteiger partial charge in [-0.1, -0.05) is 87.4 Å². The number of nitrogens with zero attached hydrogens (tertiary/aromatic N) is 1. The Hall–Kier alpha value is -2.68. The van der Waals surface area contributed by atoms with Gasteiger partial charge in [0.1, 0.15) is 0 Å². The fourth-order valence-corrected chi connectivity index (χ4v) is 3.98. The van der Waals surface area contributed by atoms with Crippen LogP contribution in [0.3, 0.4) is 0 Å². The lowest BCUT2D eigenvalue weighted by Crippen LogP contribution is -2.24. The molecule has 0 aliphatic carbocycles. The van der Waals surface area contributed by atoms with Crippen LogP contribution in [0.1, 0.15) is 73.4 Å².